The van der Waals surface area contributed by atoms with Gasteiger partial charge in [0.2, 0.25) is 0 Å². The van der Waals surface area contributed by atoms with Crippen LogP contribution in [0.5, 0.6) is 0 Å². The number of anilines is 2. The predicted molar refractivity (Wildman–Crippen MR) is 137 cm³/mol. The summed E-state index contributed by atoms with van der Waals surface area (Å²) in [5.41, 5.74) is 4.89. The molecule has 0 bridgehead atoms. The average Bonchev–Trinajstić information content (AvgIpc) is 3.14. The molecule has 0 spiro atoms. The van der Waals surface area contributed by atoms with Crippen molar-refractivity contribution in [2.24, 2.45) is 0 Å². The first-order valence-electron chi connectivity index (χ1n) is 10.5. The Bertz CT molecular complexity index is 1280. The van der Waals surface area contributed by atoms with E-state index in [2.05, 4.69) is 10.6 Å². The van der Waals surface area contributed by atoms with E-state index in [4.69, 9.17) is 27.9 Å². The monoisotopic (exact) mass is 495 g/mol. The Morgan fingerprint density at radius 1 is 1.00 bits per heavy atom. The Morgan fingerprint density at radius 2 is 1.68 bits per heavy atom. The first-order chi connectivity index (χ1) is 16.3. The number of benzene rings is 3. The number of amides is 1. The number of rotatable bonds is 6. The number of fused-ring (bicyclic) bond motifs is 1. The van der Waals surface area contributed by atoms with E-state index in [0.29, 0.717) is 50.4 Å². The summed E-state index contributed by atoms with van der Waals surface area (Å²) in [5.74, 6) is -0.761. The van der Waals surface area contributed by atoms with Gasteiger partial charge in [-0.05, 0) is 43.9 Å². The van der Waals surface area contributed by atoms with Gasteiger partial charge in [0.25, 0.3) is 5.91 Å². The van der Waals surface area contributed by atoms with Crippen LogP contribution in [0.2, 0.25) is 10.0 Å². The van der Waals surface area contributed by atoms with Crippen molar-refractivity contribution in [2.45, 2.75) is 6.54 Å². The standard InChI is InChI=1S/C26H23Cl2N3O3/c1-31(2)14-19-20(27)12-17(13-21(19)28)29-24(15-7-5-4-6-8-15)23-18-10-9-16(26(33)34-3)11-22(18)30-25(23)32/h4-13,29H,14H2,1-3H3,(H,30,32)/b24-23+. The van der Waals surface area contributed by atoms with Crippen molar-refractivity contribution in [1.29, 1.82) is 0 Å². The van der Waals surface area contributed by atoms with Gasteiger partial charge in [-0.2, -0.15) is 0 Å². The third kappa shape index (κ3) is 4.80. The van der Waals surface area contributed by atoms with E-state index in [9.17, 15) is 9.59 Å². The zero-order valence-electron chi connectivity index (χ0n) is 18.9. The number of nitrogens with one attached hydrogen (secondary N) is 2. The maximum atomic E-state index is 13.1. The molecular formula is C26H23Cl2N3O3. The fourth-order valence-corrected chi connectivity index (χ4v) is 4.44. The van der Waals surface area contributed by atoms with Gasteiger partial charge in [-0.15, -0.1) is 0 Å². The highest BCUT2D eigenvalue weighted by Crippen LogP contribution is 2.39. The lowest BCUT2D eigenvalue weighted by atomic mass is 9.99. The predicted octanol–water partition coefficient (Wildman–Crippen LogP) is 5.77. The van der Waals surface area contributed by atoms with Crippen LogP contribution in [0.25, 0.3) is 11.3 Å². The lowest BCUT2D eigenvalue weighted by molar-refractivity contribution is -0.110. The normalized spacial score (nSPS) is 14.0. The van der Waals surface area contributed by atoms with E-state index in [1.807, 2.05) is 49.3 Å². The van der Waals surface area contributed by atoms with Gasteiger partial charge < -0.3 is 20.3 Å². The van der Waals surface area contributed by atoms with Gasteiger partial charge in [-0.3, -0.25) is 4.79 Å². The first-order valence-corrected chi connectivity index (χ1v) is 11.3. The molecule has 34 heavy (non-hydrogen) atoms. The van der Waals surface area contributed by atoms with E-state index in [1.165, 1.54) is 7.11 Å². The van der Waals surface area contributed by atoms with Crippen molar-refractivity contribution in [1.82, 2.24) is 4.90 Å². The second kappa shape index (κ2) is 9.89. The minimum Gasteiger partial charge on any atom is -0.465 e. The molecule has 3 aromatic rings. The molecule has 2 N–H and O–H groups in total. The van der Waals surface area contributed by atoms with Crippen LogP contribution in [0.3, 0.4) is 0 Å². The zero-order chi connectivity index (χ0) is 24.4. The third-order valence-electron chi connectivity index (χ3n) is 5.38. The minimum absolute atomic E-state index is 0.287. The highest BCUT2D eigenvalue weighted by molar-refractivity contribution is 6.38. The molecule has 0 fully saturated rings. The Hall–Kier alpha value is -3.32. The van der Waals surface area contributed by atoms with Crippen LogP contribution in [-0.4, -0.2) is 38.0 Å². The summed E-state index contributed by atoms with van der Waals surface area (Å²) in [6, 6.07) is 18.1. The summed E-state index contributed by atoms with van der Waals surface area (Å²) >= 11 is 13.1. The molecule has 1 amide bonds. The van der Waals surface area contributed by atoms with E-state index in [1.54, 1.807) is 30.3 Å². The molecule has 0 radical (unpaired) electrons. The Balaban J connectivity index is 1.84. The lowest BCUT2D eigenvalue weighted by Gasteiger charge is -2.18. The average molecular weight is 496 g/mol. The SMILES string of the molecule is COC(=O)c1ccc2c(c1)NC(=O)/C2=C(/Nc1cc(Cl)c(CN(C)C)c(Cl)c1)c1ccccc1. The summed E-state index contributed by atoms with van der Waals surface area (Å²) < 4.78 is 4.80. The molecule has 1 aliphatic rings. The molecule has 1 aliphatic heterocycles. The molecule has 0 atom stereocenters. The third-order valence-corrected chi connectivity index (χ3v) is 6.06. The maximum absolute atomic E-state index is 13.1. The van der Waals surface area contributed by atoms with Crippen molar-refractivity contribution in [3.8, 4) is 0 Å². The zero-order valence-corrected chi connectivity index (χ0v) is 20.4. The number of carbonyl (C=O) groups excluding carboxylic acids is 2. The number of esters is 1. The first kappa shape index (κ1) is 23.8. The second-order valence-electron chi connectivity index (χ2n) is 8.10. The van der Waals surface area contributed by atoms with Crippen LogP contribution in [0.4, 0.5) is 11.4 Å². The molecule has 0 saturated carbocycles. The van der Waals surface area contributed by atoms with Crippen LogP contribution < -0.4 is 10.6 Å². The van der Waals surface area contributed by atoms with Crippen LogP contribution in [0, 0.1) is 0 Å². The second-order valence-corrected chi connectivity index (χ2v) is 8.92. The van der Waals surface area contributed by atoms with E-state index < -0.39 is 5.97 Å². The topological polar surface area (TPSA) is 70.7 Å². The largest absolute Gasteiger partial charge is 0.465 e. The summed E-state index contributed by atoms with van der Waals surface area (Å²) in [5, 5.41) is 7.27. The smallest absolute Gasteiger partial charge is 0.337 e. The molecule has 174 valence electrons. The molecule has 4 rings (SSSR count). The lowest BCUT2D eigenvalue weighted by Crippen LogP contribution is -2.12. The van der Waals surface area contributed by atoms with Crippen LogP contribution in [-0.2, 0) is 16.1 Å². The minimum atomic E-state index is -0.474. The van der Waals surface area contributed by atoms with Gasteiger partial charge in [0.15, 0.2) is 0 Å². The number of halogens is 2. The van der Waals surface area contributed by atoms with Crippen LogP contribution >= 0.6 is 23.2 Å². The van der Waals surface area contributed by atoms with Gasteiger partial charge in [0, 0.05) is 33.4 Å². The maximum Gasteiger partial charge on any atom is 0.337 e. The number of hydrogen-bond donors (Lipinski definition) is 2. The molecule has 0 aromatic heterocycles. The molecule has 8 heteroatoms. The van der Waals surface area contributed by atoms with Gasteiger partial charge >= 0.3 is 5.97 Å². The summed E-state index contributed by atoms with van der Waals surface area (Å²) in [4.78, 5) is 27.0. The van der Waals surface area contributed by atoms with E-state index in [-0.39, 0.29) is 5.91 Å². The summed E-state index contributed by atoms with van der Waals surface area (Å²) in [7, 11) is 5.20. The highest BCUT2D eigenvalue weighted by Gasteiger charge is 2.29. The van der Waals surface area contributed by atoms with Gasteiger partial charge in [-0.1, -0.05) is 59.6 Å². The van der Waals surface area contributed by atoms with E-state index >= 15 is 0 Å². The number of hydrogen-bond acceptors (Lipinski definition) is 5. The fourth-order valence-electron chi connectivity index (χ4n) is 3.84. The number of methoxy groups -OCH3 is 1. The van der Waals surface area contributed by atoms with Crippen molar-refractivity contribution in [2.75, 3.05) is 31.8 Å². The van der Waals surface area contributed by atoms with Gasteiger partial charge in [0.1, 0.15) is 0 Å². The van der Waals surface area contributed by atoms with Gasteiger partial charge in [-0.25, -0.2) is 4.79 Å². The van der Waals surface area contributed by atoms with Crippen LogP contribution in [0.1, 0.15) is 27.0 Å². The number of ether oxygens (including phenoxy) is 1. The number of nitrogens with zero attached hydrogens (tertiary/aromatic N) is 1. The quantitative estimate of drug-likeness (QED) is 0.335. The summed E-state index contributed by atoms with van der Waals surface area (Å²) in [6.45, 7) is 0.600. The van der Waals surface area contributed by atoms with Gasteiger partial charge in [0.05, 0.1) is 29.6 Å². The Kier molecular flexibility index (Phi) is 6.93. The van der Waals surface area contributed by atoms with Crippen molar-refractivity contribution in [3.05, 3.63) is 93.0 Å². The van der Waals surface area contributed by atoms with Crippen LogP contribution in [0.15, 0.2) is 60.7 Å². The molecular weight excluding hydrogens is 473 g/mol. The number of carbonyl (C=O) groups is 2. The Labute approximate surface area is 208 Å². The Morgan fingerprint density at radius 3 is 2.29 bits per heavy atom. The van der Waals surface area contributed by atoms with Crippen molar-refractivity contribution < 1.29 is 14.3 Å². The highest BCUT2D eigenvalue weighted by atomic mass is 35.5. The molecule has 0 saturated heterocycles. The molecule has 1 heterocycles. The van der Waals surface area contributed by atoms with Crippen molar-refractivity contribution >= 4 is 57.7 Å². The van der Waals surface area contributed by atoms with E-state index in [0.717, 1.165) is 11.1 Å². The molecule has 6 nitrogen and oxygen atoms in total. The molecule has 3 aromatic carbocycles. The molecule has 0 aliphatic carbocycles. The van der Waals surface area contributed by atoms with Crippen molar-refractivity contribution in [3.63, 3.8) is 0 Å². The fraction of sp³-hybridized carbons (Fsp3) is 0.154. The molecule has 0 unspecified atom stereocenters. The summed E-state index contributed by atoms with van der Waals surface area (Å²) in [6.07, 6.45) is 0.